The van der Waals surface area contributed by atoms with Crippen LogP contribution in [0.5, 0.6) is 0 Å². The number of nitrogens with zero attached hydrogens (tertiary/aromatic N) is 1. The summed E-state index contributed by atoms with van der Waals surface area (Å²) in [5.41, 5.74) is 14.8. The van der Waals surface area contributed by atoms with Crippen LogP contribution in [0.1, 0.15) is 0 Å². The third-order valence-electron chi connectivity index (χ3n) is 12.7. The van der Waals surface area contributed by atoms with E-state index in [4.69, 9.17) is 4.42 Å². The van der Waals surface area contributed by atoms with Crippen molar-refractivity contribution < 1.29 is 4.42 Å². The molecule has 0 atom stereocenters. The van der Waals surface area contributed by atoms with Crippen LogP contribution in [-0.2, 0) is 0 Å². The fourth-order valence-electron chi connectivity index (χ4n) is 9.34. The van der Waals surface area contributed by atoms with Crippen LogP contribution in [0.2, 0.25) is 0 Å². The van der Waals surface area contributed by atoms with E-state index in [1.165, 1.54) is 65.7 Å². The van der Waals surface area contributed by atoms with Crippen molar-refractivity contribution in [2.24, 2.45) is 0 Å². The zero-order valence-corrected chi connectivity index (χ0v) is 35.0. The average molecular weight is 816 g/mol. The molecule has 0 fully saturated rings. The van der Waals surface area contributed by atoms with Crippen molar-refractivity contribution in [3.05, 3.63) is 249 Å². The van der Waals surface area contributed by atoms with Gasteiger partial charge in [-0.05, 0) is 131 Å². The summed E-state index contributed by atoms with van der Waals surface area (Å²) in [4.78, 5) is 2.36. The van der Waals surface area contributed by atoms with Crippen molar-refractivity contribution in [1.29, 1.82) is 0 Å². The van der Waals surface area contributed by atoms with E-state index in [2.05, 4.69) is 235 Å². The molecule has 2 heteroatoms. The minimum atomic E-state index is 0.879. The van der Waals surface area contributed by atoms with Gasteiger partial charge in [0.1, 0.15) is 11.3 Å². The van der Waals surface area contributed by atoms with Crippen LogP contribution in [0.4, 0.5) is 17.1 Å². The van der Waals surface area contributed by atoms with Crippen molar-refractivity contribution in [3.63, 3.8) is 0 Å². The Hall–Kier alpha value is -8.46. The molecule has 2 nitrogen and oxygen atoms in total. The third kappa shape index (κ3) is 6.88. The van der Waals surface area contributed by atoms with Gasteiger partial charge >= 0.3 is 0 Å². The van der Waals surface area contributed by atoms with E-state index < -0.39 is 0 Å². The van der Waals surface area contributed by atoms with Gasteiger partial charge in [-0.3, -0.25) is 0 Å². The molecule has 0 unspecified atom stereocenters. The number of hydrogen-bond donors (Lipinski definition) is 0. The Morgan fingerprint density at radius 1 is 0.250 bits per heavy atom. The number of rotatable bonds is 8. The molecule has 0 bridgehead atoms. The Bertz CT molecular complexity index is 3600. The molecule has 64 heavy (non-hydrogen) atoms. The zero-order chi connectivity index (χ0) is 42.4. The summed E-state index contributed by atoms with van der Waals surface area (Å²) in [7, 11) is 0. The summed E-state index contributed by atoms with van der Waals surface area (Å²) in [5, 5.41) is 8.62. The predicted molar refractivity (Wildman–Crippen MR) is 271 cm³/mol. The molecule has 12 rings (SSSR count). The van der Waals surface area contributed by atoms with Gasteiger partial charge in [0, 0.05) is 28.0 Å². The summed E-state index contributed by atoms with van der Waals surface area (Å²) in [6.07, 6.45) is 0. The number of benzene rings is 11. The molecule has 1 aromatic heterocycles. The first-order valence-electron chi connectivity index (χ1n) is 21.9. The highest BCUT2D eigenvalue weighted by Crippen LogP contribution is 2.40. The van der Waals surface area contributed by atoms with Gasteiger partial charge in [0.15, 0.2) is 0 Å². The Morgan fingerprint density at radius 2 is 0.719 bits per heavy atom. The number of hydrogen-bond acceptors (Lipinski definition) is 2. The Labute approximate surface area is 372 Å². The molecule has 0 aliphatic carbocycles. The molecule has 0 aliphatic rings. The maximum Gasteiger partial charge on any atom is 0.135 e. The lowest BCUT2D eigenvalue weighted by Gasteiger charge is -2.26. The van der Waals surface area contributed by atoms with Crippen LogP contribution in [0, 0.1) is 0 Å². The van der Waals surface area contributed by atoms with E-state index in [-0.39, 0.29) is 0 Å². The van der Waals surface area contributed by atoms with Gasteiger partial charge in [-0.1, -0.05) is 194 Å². The highest BCUT2D eigenvalue weighted by Gasteiger charge is 2.16. The summed E-state index contributed by atoms with van der Waals surface area (Å²) >= 11 is 0. The number of furan rings is 1. The monoisotopic (exact) mass is 815 g/mol. The van der Waals surface area contributed by atoms with Crippen molar-refractivity contribution in [2.45, 2.75) is 0 Å². The van der Waals surface area contributed by atoms with Crippen LogP contribution >= 0.6 is 0 Å². The average Bonchev–Trinajstić information content (AvgIpc) is 3.82. The fourth-order valence-corrected chi connectivity index (χ4v) is 9.34. The molecule has 0 aliphatic heterocycles. The van der Waals surface area contributed by atoms with Gasteiger partial charge in [0.25, 0.3) is 0 Å². The van der Waals surface area contributed by atoms with E-state index in [9.17, 15) is 0 Å². The standard InChI is InChI=1S/C62H41NO/c1-4-15-57-47(9-1)12-8-17-59(57)49-25-23-43(24-26-49)45-31-35-55(36-32-45)63(56-37-38-60-51(40-56)28-27-48-10-2-5-16-58(48)60)54-33-29-44(30-34-54)42-19-21-46(22-20-42)50-13-7-14-52(39-50)62-41-53-11-3-6-18-61(53)64-62/h1-41H. The van der Waals surface area contributed by atoms with Crippen LogP contribution < -0.4 is 4.90 Å². The Morgan fingerprint density at radius 3 is 1.39 bits per heavy atom. The van der Waals surface area contributed by atoms with Gasteiger partial charge in [0.2, 0.25) is 0 Å². The summed E-state index contributed by atoms with van der Waals surface area (Å²) in [6.45, 7) is 0. The lowest BCUT2D eigenvalue weighted by Crippen LogP contribution is -2.09. The van der Waals surface area contributed by atoms with Gasteiger partial charge in [-0.25, -0.2) is 0 Å². The summed E-state index contributed by atoms with van der Waals surface area (Å²) in [5.74, 6) is 0.879. The molecule has 0 saturated heterocycles. The molecule has 0 amide bonds. The van der Waals surface area contributed by atoms with Gasteiger partial charge in [-0.15, -0.1) is 0 Å². The molecule has 12 aromatic rings. The predicted octanol–water partition coefficient (Wildman–Crippen LogP) is 17.7. The first-order valence-corrected chi connectivity index (χ1v) is 21.9. The lowest BCUT2D eigenvalue weighted by atomic mass is 9.96. The van der Waals surface area contributed by atoms with E-state index in [0.29, 0.717) is 0 Å². The topological polar surface area (TPSA) is 16.4 Å². The number of para-hydroxylation sites is 1. The number of anilines is 3. The minimum Gasteiger partial charge on any atom is -0.456 e. The highest BCUT2D eigenvalue weighted by molar-refractivity contribution is 6.08. The molecule has 0 N–H and O–H groups in total. The Kier molecular flexibility index (Phi) is 9.20. The quantitative estimate of drug-likeness (QED) is 0.142. The minimum absolute atomic E-state index is 0.879. The second-order valence-electron chi connectivity index (χ2n) is 16.5. The first-order chi connectivity index (χ1) is 31.7. The van der Waals surface area contributed by atoms with E-state index in [0.717, 1.165) is 50.5 Å². The molecule has 1 heterocycles. The maximum absolute atomic E-state index is 6.19. The molecular formula is C62H41NO. The zero-order valence-electron chi connectivity index (χ0n) is 35.0. The molecule has 0 radical (unpaired) electrons. The summed E-state index contributed by atoms with van der Waals surface area (Å²) in [6, 6.07) is 89.7. The maximum atomic E-state index is 6.19. The second-order valence-corrected chi connectivity index (χ2v) is 16.5. The van der Waals surface area contributed by atoms with Crippen LogP contribution in [0.3, 0.4) is 0 Å². The van der Waals surface area contributed by atoms with Gasteiger partial charge < -0.3 is 9.32 Å². The molecule has 11 aromatic carbocycles. The fraction of sp³-hybridized carbons (Fsp3) is 0. The molecule has 300 valence electrons. The summed E-state index contributed by atoms with van der Waals surface area (Å²) < 4.78 is 6.19. The van der Waals surface area contributed by atoms with Crippen molar-refractivity contribution in [3.8, 4) is 55.8 Å². The van der Waals surface area contributed by atoms with Crippen LogP contribution in [0.15, 0.2) is 253 Å². The highest BCUT2D eigenvalue weighted by atomic mass is 16.3. The van der Waals surface area contributed by atoms with E-state index in [1.54, 1.807) is 0 Å². The van der Waals surface area contributed by atoms with Crippen molar-refractivity contribution in [2.75, 3.05) is 4.90 Å². The first kappa shape index (κ1) is 37.3. The van der Waals surface area contributed by atoms with Crippen molar-refractivity contribution in [1.82, 2.24) is 0 Å². The SMILES string of the molecule is c1cc(-c2ccc(-c3ccc(N(c4ccc(-c5ccc(-c6cccc7ccccc67)cc5)cc4)c4ccc5c(ccc6ccccc65)c4)cc3)cc2)cc(-c2cc3ccccc3o2)c1. The largest absolute Gasteiger partial charge is 0.456 e. The van der Waals surface area contributed by atoms with Crippen LogP contribution in [-0.4, -0.2) is 0 Å². The van der Waals surface area contributed by atoms with Gasteiger partial charge in [0.05, 0.1) is 0 Å². The third-order valence-corrected chi connectivity index (χ3v) is 12.7. The number of fused-ring (bicyclic) bond motifs is 5. The van der Waals surface area contributed by atoms with Gasteiger partial charge in [-0.2, -0.15) is 0 Å². The van der Waals surface area contributed by atoms with Crippen molar-refractivity contribution >= 4 is 60.3 Å². The van der Waals surface area contributed by atoms with Crippen LogP contribution in [0.25, 0.3) is 99.1 Å². The smallest absolute Gasteiger partial charge is 0.135 e. The molecule has 0 saturated carbocycles. The normalized spacial score (nSPS) is 11.4. The van der Waals surface area contributed by atoms with E-state index >= 15 is 0 Å². The van der Waals surface area contributed by atoms with E-state index in [1.807, 2.05) is 18.2 Å². The second kappa shape index (κ2) is 15.8. The lowest BCUT2D eigenvalue weighted by molar-refractivity contribution is 0.631. The Balaban J connectivity index is 0.854. The molecular weight excluding hydrogens is 775 g/mol. The molecule has 0 spiro atoms.